The zero-order valence-corrected chi connectivity index (χ0v) is 13.2. The van der Waals surface area contributed by atoms with Gasteiger partial charge in [0.25, 0.3) is 0 Å². The maximum Gasteiger partial charge on any atom is 0.126 e. The molecule has 2 aromatic rings. The van der Waals surface area contributed by atoms with Gasteiger partial charge in [-0.1, -0.05) is 30.3 Å². The molecule has 0 spiro atoms. The molecular weight excluding hydrogens is 295 g/mol. The van der Waals surface area contributed by atoms with Crippen LogP contribution in [-0.2, 0) is 13.0 Å². The van der Waals surface area contributed by atoms with Crippen molar-refractivity contribution in [1.29, 1.82) is 0 Å². The Labute approximate surface area is 136 Å². The van der Waals surface area contributed by atoms with Gasteiger partial charge in [0.05, 0.1) is 13.2 Å². The van der Waals surface area contributed by atoms with Crippen molar-refractivity contribution in [3.63, 3.8) is 0 Å². The fourth-order valence-corrected chi connectivity index (χ4v) is 2.35. The average molecular weight is 318 g/mol. The summed E-state index contributed by atoms with van der Waals surface area (Å²) in [5, 5.41) is 13.3. The summed E-state index contributed by atoms with van der Waals surface area (Å²) in [6.45, 7) is 0.938. The van der Waals surface area contributed by atoms with Gasteiger partial charge in [0.1, 0.15) is 11.6 Å². The highest BCUT2D eigenvalue weighted by Crippen LogP contribution is 2.12. The number of aliphatic hydroxyl groups is 1. The molecule has 23 heavy (non-hydrogen) atoms. The Morgan fingerprint density at radius 2 is 2.00 bits per heavy atom. The largest absolute Gasteiger partial charge is 0.497 e. The van der Waals surface area contributed by atoms with Crippen molar-refractivity contribution < 1.29 is 14.2 Å². The lowest BCUT2D eigenvalue weighted by Crippen LogP contribution is -2.43. The molecular formula is C18H23FN2O2. The third-order valence-electron chi connectivity index (χ3n) is 3.72. The number of ether oxygens (including phenoxy) is 1. The maximum absolute atomic E-state index is 13.6. The van der Waals surface area contributed by atoms with E-state index in [2.05, 4.69) is 5.32 Å². The quantitative estimate of drug-likeness (QED) is 0.695. The van der Waals surface area contributed by atoms with Crippen molar-refractivity contribution in [3.8, 4) is 5.75 Å². The number of halogens is 1. The number of nitrogens with two attached hydrogens (primary N) is 1. The van der Waals surface area contributed by atoms with Crippen molar-refractivity contribution in [2.24, 2.45) is 5.73 Å². The highest BCUT2D eigenvalue weighted by atomic mass is 19.1. The van der Waals surface area contributed by atoms with E-state index in [0.29, 0.717) is 25.1 Å². The van der Waals surface area contributed by atoms with E-state index >= 15 is 0 Å². The highest BCUT2D eigenvalue weighted by molar-refractivity contribution is 5.28. The zero-order valence-electron chi connectivity index (χ0n) is 13.2. The predicted molar refractivity (Wildman–Crippen MR) is 88.8 cm³/mol. The van der Waals surface area contributed by atoms with Gasteiger partial charge in [-0.25, -0.2) is 4.39 Å². The van der Waals surface area contributed by atoms with Gasteiger partial charge < -0.3 is 20.9 Å². The van der Waals surface area contributed by atoms with Crippen molar-refractivity contribution in [1.82, 2.24) is 5.32 Å². The van der Waals surface area contributed by atoms with Crippen LogP contribution in [0.4, 0.5) is 4.39 Å². The molecule has 0 aliphatic carbocycles. The van der Waals surface area contributed by atoms with E-state index in [1.54, 1.807) is 25.3 Å². The Bertz CT molecular complexity index is 621. The Morgan fingerprint density at radius 1 is 1.22 bits per heavy atom. The maximum atomic E-state index is 13.6. The van der Waals surface area contributed by atoms with E-state index in [4.69, 9.17) is 10.5 Å². The lowest BCUT2D eigenvalue weighted by atomic mass is 10.0. The van der Waals surface area contributed by atoms with Crippen LogP contribution in [0.2, 0.25) is 0 Å². The minimum absolute atomic E-state index is 0.292. The second kappa shape index (κ2) is 8.62. The molecule has 0 aliphatic heterocycles. The standard InChI is InChI=1S/C18H23FN2O2/c1-23-15-7-4-5-13(9-15)11-21-12-18(22)17(20)10-14-6-2-3-8-16(14)19/h2-9,17-18,21-22H,10-12,20H2,1H3/t17-,18+/m0/s1. The third kappa shape index (κ3) is 5.32. The van der Waals surface area contributed by atoms with E-state index < -0.39 is 12.1 Å². The van der Waals surface area contributed by atoms with Crippen LogP contribution in [-0.4, -0.2) is 30.9 Å². The van der Waals surface area contributed by atoms with Crippen LogP contribution in [0.1, 0.15) is 11.1 Å². The normalized spacial score (nSPS) is 13.6. The van der Waals surface area contributed by atoms with Crippen LogP contribution in [0.5, 0.6) is 5.75 Å². The van der Waals surface area contributed by atoms with E-state index in [0.717, 1.165) is 11.3 Å². The van der Waals surface area contributed by atoms with Crippen LogP contribution in [0, 0.1) is 5.82 Å². The molecule has 5 heteroatoms. The Kier molecular flexibility index (Phi) is 6.52. The first kappa shape index (κ1) is 17.4. The third-order valence-corrected chi connectivity index (χ3v) is 3.72. The molecule has 0 aromatic heterocycles. The number of methoxy groups -OCH3 is 1. The monoisotopic (exact) mass is 318 g/mol. The Balaban J connectivity index is 1.79. The second-order valence-corrected chi connectivity index (χ2v) is 5.51. The molecule has 2 rings (SSSR count). The predicted octanol–water partition coefficient (Wildman–Crippen LogP) is 1.85. The molecule has 4 nitrogen and oxygen atoms in total. The molecule has 4 N–H and O–H groups in total. The molecule has 0 heterocycles. The molecule has 0 radical (unpaired) electrons. The molecule has 2 aromatic carbocycles. The molecule has 0 bridgehead atoms. The van der Waals surface area contributed by atoms with Gasteiger partial charge in [0.15, 0.2) is 0 Å². The fourth-order valence-electron chi connectivity index (χ4n) is 2.35. The molecule has 124 valence electrons. The smallest absolute Gasteiger partial charge is 0.126 e. The van der Waals surface area contributed by atoms with Crippen LogP contribution >= 0.6 is 0 Å². The summed E-state index contributed by atoms with van der Waals surface area (Å²) < 4.78 is 18.8. The summed E-state index contributed by atoms with van der Waals surface area (Å²) in [5.74, 6) is 0.501. The van der Waals surface area contributed by atoms with Crippen LogP contribution < -0.4 is 15.8 Å². The molecule has 2 atom stereocenters. The summed E-state index contributed by atoms with van der Waals surface area (Å²) >= 11 is 0. The second-order valence-electron chi connectivity index (χ2n) is 5.51. The number of rotatable bonds is 8. The molecule has 0 unspecified atom stereocenters. The van der Waals surface area contributed by atoms with Crippen molar-refractivity contribution in [3.05, 3.63) is 65.5 Å². The zero-order chi connectivity index (χ0) is 16.7. The molecule has 0 saturated carbocycles. The summed E-state index contributed by atoms with van der Waals surface area (Å²) in [6.07, 6.45) is -0.450. The van der Waals surface area contributed by atoms with Crippen molar-refractivity contribution in [2.45, 2.75) is 25.1 Å². The highest BCUT2D eigenvalue weighted by Gasteiger charge is 2.16. The number of hydrogen-bond acceptors (Lipinski definition) is 4. The molecule has 0 saturated heterocycles. The van der Waals surface area contributed by atoms with Gasteiger partial charge in [-0.05, 0) is 35.7 Å². The Morgan fingerprint density at radius 3 is 2.74 bits per heavy atom. The first-order chi connectivity index (χ1) is 11.1. The van der Waals surface area contributed by atoms with Crippen LogP contribution in [0.25, 0.3) is 0 Å². The first-order valence-corrected chi connectivity index (χ1v) is 7.61. The van der Waals surface area contributed by atoms with Gasteiger partial charge in [-0.3, -0.25) is 0 Å². The van der Waals surface area contributed by atoms with Gasteiger partial charge >= 0.3 is 0 Å². The lowest BCUT2D eigenvalue weighted by Gasteiger charge is -2.19. The summed E-state index contributed by atoms with van der Waals surface area (Å²) in [6, 6.07) is 13.7. The topological polar surface area (TPSA) is 67.5 Å². The van der Waals surface area contributed by atoms with Crippen molar-refractivity contribution in [2.75, 3.05) is 13.7 Å². The first-order valence-electron chi connectivity index (χ1n) is 7.61. The minimum Gasteiger partial charge on any atom is -0.497 e. The van der Waals surface area contributed by atoms with Gasteiger partial charge in [0.2, 0.25) is 0 Å². The van der Waals surface area contributed by atoms with E-state index in [9.17, 15) is 9.50 Å². The van der Waals surface area contributed by atoms with Crippen LogP contribution in [0.3, 0.4) is 0 Å². The van der Waals surface area contributed by atoms with E-state index in [1.807, 2.05) is 24.3 Å². The SMILES string of the molecule is COc1cccc(CNC[C@@H](O)[C@@H](N)Cc2ccccc2F)c1. The van der Waals surface area contributed by atoms with Gasteiger partial charge in [-0.15, -0.1) is 0 Å². The Hall–Kier alpha value is -1.95. The van der Waals surface area contributed by atoms with Crippen molar-refractivity contribution >= 4 is 0 Å². The van der Waals surface area contributed by atoms with E-state index in [-0.39, 0.29) is 5.82 Å². The van der Waals surface area contributed by atoms with Gasteiger partial charge in [0, 0.05) is 19.1 Å². The molecule has 0 amide bonds. The lowest BCUT2D eigenvalue weighted by molar-refractivity contribution is 0.141. The molecule has 0 aliphatic rings. The summed E-state index contributed by atoms with van der Waals surface area (Å²) in [7, 11) is 1.62. The number of aliphatic hydroxyl groups excluding tert-OH is 1. The van der Waals surface area contributed by atoms with E-state index in [1.165, 1.54) is 6.07 Å². The molecule has 0 fully saturated rings. The minimum atomic E-state index is -0.750. The average Bonchev–Trinajstić information content (AvgIpc) is 2.57. The van der Waals surface area contributed by atoms with Gasteiger partial charge in [-0.2, -0.15) is 0 Å². The fraction of sp³-hybridized carbons (Fsp3) is 0.333. The summed E-state index contributed by atoms with van der Waals surface area (Å²) in [4.78, 5) is 0. The number of nitrogens with one attached hydrogen (secondary N) is 1. The summed E-state index contributed by atoms with van der Waals surface area (Å²) in [5.41, 5.74) is 7.54. The number of benzene rings is 2. The number of hydrogen-bond donors (Lipinski definition) is 3. The van der Waals surface area contributed by atoms with Crippen LogP contribution in [0.15, 0.2) is 48.5 Å².